The van der Waals surface area contributed by atoms with Gasteiger partial charge < -0.3 is 9.47 Å². The molecule has 0 bridgehead atoms. The summed E-state index contributed by atoms with van der Waals surface area (Å²) in [5.41, 5.74) is 1.18. The van der Waals surface area contributed by atoms with Crippen molar-refractivity contribution in [2.75, 3.05) is 27.3 Å². The van der Waals surface area contributed by atoms with Crippen LogP contribution in [0.2, 0.25) is 0 Å². The van der Waals surface area contributed by atoms with Crippen LogP contribution >= 0.6 is 15.9 Å². The monoisotopic (exact) mass is 341 g/mol. The molecule has 1 aliphatic heterocycles. The number of halogens is 1. The van der Waals surface area contributed by atoms with Gasteiger partial charge in [0.1, 0.15) is 5.75 Å². The lowest BCUT2D eigenvalue weighted by Gasteiger charge is -2.31. The number of piperidine rings is 1. The molecule has 2 rings (SSSR count). The third-order valence-corrected chi connectivity index (χ3v) is 4.46. The first-order valence-electron chi connectivity index (χ1n) is 6.76. The van der Waals surface area contributed by atoms with Crippen molar-refractivity contribution in [1.29, 1.82) is 0 Å². The van der Waals surface area contributed by atoms with Gasteiger partial charge in [-0.05, 0) is 43.1 Å². The first kappa shape index (κ1) is 15.3. The van der Waals surface area contributed by atoms with Crippen LogP contribution in [-0.4, -0.2) is 38.2 Å². The zero-order chi connectivity index (χ0) is 14.5. The number of nitrogens with zero attached hydrogens (tertiary/aromatic N) is 1. The first-order chi connectivity index (χ1) is 9.63. The molecule has 1 unspecified atom stereocenters. The predicted octanol–water partition coefficient (Wildman–Crippen LogP) is 2.84. The van der Waals surface area contributed by atoms with Crippen molar-refractivity contribution in [2.45, 2.75) is 19.4 Å². The van der Waals surface area contributed by atoms with E-state index in [-0.39, 0.29) is 11.9 Å². The van der Waals surface area contributed by atoms with E-state index < -0.39 is 0 Å². The zero-order valence-corrected chi connectivity index (χ0v) is 13.5. The molecule has 0 radical (unpaired) electrons. The summed E-state index contributed by atoms with van der Waals surface area (Å²) in [5, 5.41) is 0. The van der Waals surface area contributed by atoms with E-state index in [9.17, 15) is 4.79 Å². The molecule has 1 fully saturated rings. The van der Waals surface area contributed by atoms with Crippen LogP contribution < -0.4 is 4.74 Å². The van der Waals surface area contributed by atoms with Crippen LogP contribution in [0.25, 0.3) is 0 Å². The van der Waals surface area contributed by atoms with Crippen molar-refractivity contribution < 1.29 is 14.3 Å². The average Bonchev–Trinajstić information content (AvgIpc) is 2.49. The second kappa shape index (κ2) is 7.09. The van der Waals surface area contributed by atoms with Gasteiger partial charge in [-0.15, -0.1) is 0 Å². The van der Waals surface area contributed by atoms with Gasteiger partial charge in [0, 0.05) is 17.6 Å². The molecule has 0 amide bonds. The Labute approximate surface area is 128 Å². The van der Waals surface area contributed by atoms with E-state index in [1.165, 1.54) is 12.7 Å². The lowest BCUT2D eigenvalue weighted by atomic mass is 9.98. The molecule has 0 aromatic heterocycles. The van der Waals surface area contributed by atoms with Crippen LogP contribution in [0.4, 0.5) is 0 Å². The van der Waals surface area contributed by atoms with E-state index in [4.69, 9.17) is 9.47 Å². The molecule has 0 N–H and O–H groups in total. The molecule has 5 heteroatoms. The molecule has 20 heavy (non-hydrogen) atoms. The standard InChI is InChI=1S/C15H20BrNO3/c1-19-13-5-6-14(16)12(8-13)10-17-7-3-4-11(9-17)15(18)20-2/h5-6,8,11H,3-4,7,9-10H2,1-2H3. The molecular formula is C15H20BrNO3. The molecule has 1 aliphatic rings. The molecule has 4 nitrogen and oxygen atoms in total. The minimum absolute atomic E-state index is 0.00173. The van der Waals surface area contributed by atoms with Gasteiger partial charge in [-0.1, -0.05) is 15.9 Å². The Morgan fingerprint density at radius 2 is 2.25 bits per heavy atom. The maximum absolute atomic E-state index is 11.7. The summed E-state index contributed by atoms with van der Waals surface area (Å²) in [6, 6.07) is 5.96. The summed E-state index contributed by atoms with van der Waals surface area (Å²) >= 11 is 3.57. The number of carbonyl (C=O) groups excluding carboxylic acids is 1. The van der Waals surface area contributed by atoms with Crippen LogP contribution in [-0.2, 0) is 16.1 Å². The summed E-state index contributed by atoms with van der Waals surface area (Å²) in [6.07, 6.45) is 1.95. The maximum Gasteiger partial charge on any atom is 0.309 e. The maximum atomic E-state index is 11.7. The Morgan fingerprint density at radius 3 is 2.95 bits per heavy atom. The first-order valence-corrected chi connectivity index (χ1v) is 7.56. The number of hydrogen-bond acceptors (Lipinski definition) is 4. The Balaban J connectivity index is 2.04. The highest BCUT2D eigenvalue weighted by atomic mass is 79.9. The van der Waals surface area contributed by atoms with Gasteiger partial charge in [-0.2, -0.15) is 0 Å². The molecule has 1 heterocycles. The minimum Gasteiger partial charge on any atom is -0.497 e. The van der Waals surface area contributed by atoms with E-state index in [2.05, 4.69) is 20.8 Å². The van der Waals surface area contributed by atoms with Crippen molar-refractivity contribution in [3.63, 3.8) is 0 Å². The van der Waals surface area contributed by atoms with Gasteiger partial charge in [0.25, 0.3) is 0 Å². The van der Waals surface area contributed by atoms with Crippen LogP contribution in [0, 0.1) is 5.92 Å². The van der Waals surface area contributed by atoms with E-state index in [0.29, 0.717) is 0 Å². The van der Waals surface area contributed by atoms with Crippen molar-refractivity contribution >= 4 is 21.9 Å². The van der Waals surface area contributed by atoms with Crippen molar-refractivity contribution in [1.82, 2.24) is 4.90 Å². The Hall–Kier alpha value is -1.07. The predicted molar refractivity (Wildman–Crippen MR) is 80.7 cm³/mol. The van der Waals surface area contributed by atoms with Crippen LogP contribution in [0.1, 0.15) is 18.4 Å². The highest BCUT2D eigenvalue weighted by molar-refractivity contribution is 9.10. The number of carbonyl (C=O) groups is 1. The van der Waals surface area contributed by atoms with E-state index in [1.54, 1.807) is 7.11 Å². The third-order valence-electron chi connectivity index (χ3n) is 3.69. The summed E-state index contributed by atoms with van der Waals surface area (Å²) in [5.74, 6) is 0.752. The third kappa shape index (κ3) is 3.73. The summed E-state index contributed by atoms with van der Waals surface area (Å²) in [6.45, 7) is 2.58. The Morgan fingerprint density at radius 1 is 1.45 bits per heavy atom. The van der Waals surface area contributed by atoms with Gasteiger partial charge in [-0.3, -0.25) is 9.69 Å². The number of esters is 1. The quantitative estimate of drug-likeness (QED) is 0.789. The number of benzene rings is 1. The number of rotatable bonds is 4. The molecular weight excluding hydrogens is 322 g/mol. The normalized spacial score (nSPS) is 19.6. The number of likely N-dealkylation sites (tertiary alicyclic amines) is 1. The molecule has 0 spiro atoms. The summed E-state index contributed by atoms with van der Waals surface area (Å²) in [7, 11) is 3.13. The zero-order valence-electron chi connectivity index (χ0n) is 11.9. The molecule has 1 aromatic carbocycles. The van der Waals surface area contributed by atoms with E-state index in [1.807, 2.05) is 18.2 Å². The van der Waals surface area contributed by atoms with E-state index >= 15 is 0 Å². The van der Waals surface area contributed by atoms with Crippen LogP contribution in [0.15, 0.2) is 22.7 Å². The minimum atomic E-state index is -0.0978. The fourth-order valence-corrected chi connectivity index (χ4v) is 2.97. The lowest BCUT2D eigenvalue weighted by molar-refractivity contribution is -0.147. The Bertz CT molecular complexity index is 478. The Kier molecular flexibility index (Phi) is 5.43. The second-order valence-electron chi connectivity index (χ2n) is 5.05. The number of hydrogen-bond donors (Lipinski definition) is 0. The largest absolute Gasteiger partial charge is 0.497 e. The van der Waals surface area contributed by atoms with Crippen molar-refractivity contribution in [3.8, 4) is 5.75 Å². The molecule has 0 saturated carbocycles. The highest BCUT2D eigenvalue weighted by Gasteiger charge is 2.26. The topological polar surface area (TPSA) is 38.8 Å². The smallest absolute Gasteiger partial charge is 0.309 e. The molecule has 0 aliphatic carbocycles. The van der Waals surface area contributed by atoms with Gasteiger partial charge in [0.05, 0.1) is 20.1 Å². The summed E-state index contributed by atoms with van der Waals surface area (Å²) in [4.78, 5) is 14.0. The van der Waals surface area contributed by atoms with Gasteiger partial charge in [0.15, 0.2) is 0 Å². The molecule has 1 atom stereocenters. The lowest BCUT2D eigenvalue weighted by Crippen LogP contribution is -2.38. The molecule has 110 valence electrons. The average molecular weight is 342 g/mol. The SMILES string of the molecule is COC(=O)C1CCCN(Cc2cc(OC)ccc2Br)C1. The second-order valence-corrected chi connectivity index (χ2v) is 5.91. The van der Waals surface area contributed by atoms with Gasteiger partial charge in [-0.25, -0.2) is 0 Å². The van der Waals surface area contributed by atoms with Gasteiger partial charge >= 0.3 is 5.97 Å². The van der Waals surface area contributed by atoms with Gasteiger partial charge in [0.2, 0.25) is 0 Å². The summed E-state index contributed by atoms with van der Waals surface area (Å²) < 4.78 is 11.2. The fraction of sp³-hybridized carbons (Fsp3) is 0.533. The van der Waals surface area contributed by atoms with Crippen LogP contribution in [0.3, 0.4) is 0 Å². The molecule has 1 aromatic rings. The van der Waals surface area contributed by atoms with Crippen molar-refractivity contribution in [3.05, 3.63) is 28.2 Å². The van der Waals surface area contributed by atoms with Crippen molar-refractivity contribution in [2.24, 2.45) is 5.92 Å². The molecule has 1 saturated heterocycles. The highest BCUT2D eigenvalue weighted by Crippen LogP contribution is 2.26. The number of methoxy groups -OCH3 is 2. The fourth-order valence-electron chi connectivity index (χ4n) is 2.60. The van der Waals surface area contributed by atoms with Crippen LogP contribution in [0.5, 0.6) is 5.75 Å². The number of ether oxygens (including phenoxy) is 2. The van der Waals surface area contributed by atoms with E-state index in [0.717, 1.165) is 42.7 Å².